The minimum atomic E-state index is -0.253. The lowest BCUT2D eigenvalue weighted by Crippen LogP contribution is -2.37. The molecule has 3 nitrogen and oxygen atoms in total. The van der Waals surface area contributed by atoms with Gasteiger partial charge < -0.3 is 10.0 Å². The predicted molar refractivity (Wildman–Crippen MR) is 73.5 cm³/mol. The van der Waals surface area contributed by atoms with Crippen molar-refractivity contribution in [3.8, 4) is 0 Å². The number of aliphatic hydroxyl groups is 1. The third-order valence-corrected chi connectivity index (χ3v) is 4.04. The van der Waals surface area contributed by atoms with Crippen LogP contribution in [0.5, 0.6) is 0 Å². The van der Waals surface area contributed by atoms with Gasteiger partial charge in [0.25, 0.3) is 0 Å². The van der Waals surface area contributed by atoms with Crippen LogP contribution in [0.3, 0.4) is 0 Å². The third-order valence-electron chi connectivity index (χ3n) is 3.71. The van der Waals surface area contributed by atoms with E-state index < -0.39 is 0 Å². The number of hydrogen-bond acceptors (Lipinski definition) is 3. The van der Waals surface area contributed by atoms with E-state index in [1.165, 1.54) is 0 Å². The highest BCUT2D eigenvalue weighted by Crippen LogP contribution is 2.30. The van der Waals surface area contributed by atoms with E-state index in [2.05, 4.69) is 4.90 Å². The molecule has 98 valence electrons. The summed E-state index contributed by atoms with van der Waals surface area (Å²) in [4.78, 5) is 13.3. The van der Waals surface area contributed by atoms with Crippen LogP contribution in [-0.2, 0) is 0 Å². The third kappa shape index (κ3) is 2.68. The maximum absolute atomic E-state index is 11.1. The maximum Gasteiger partial charge on any atom is 0.153 e. The molecule has 0 aromatic heterocycles. The first-order valence-electron chi connectivity index (χ1n) is 6.30. The Hall–Kier alpha value is -1.06. The van der Waals surface area contributed by atoms with Crippen LogP contribution in [0.25, 0.3) is 0 Å². The minimum Gasteiger partial charge on any atom is -0.393 e. The van der Waals surface area contributed by atoms with E-state index >= 15 is 0 Å². The smallest absolute Gasteiger partial charge is 0.153 e. The largest absolute Gasteiger partial charge is 0.393 e. The van der Waals surface area contributed by atoms with Gasteiger partial charge in [-0.15, -0.1) is 0 Å². The van der Waals surface area contributed by atoms with Crippen molar-refractivity contribution in [2.24, 2.45) is 5.92 Å². The number of piperidine rings is 1. The number of hydrogen-bond donors (Lipinski definition) is 1. The zero-order valence-corrected chi connectivity index (χ0v) is 11.2. The molecule has 0 saturated carbocycles. The van der Waals surface area contributed by atoms with Gasteiger partial charge in [-0.1, -0.05) is 17.7 Å². The van der Waals surface area contributed by atoms with Crippen molar-refractivity contribution in [3.05, 3.63) is 28.8 Å². The van der Waals surface area contributed by atoms with Crippen LogP contribution in [0.4, 0.5) is 5.69 Å². The van der Waals surface area contributed by atoms with Crippen molar-refractivity contribution < 1.29 is 9.90 Å². The predicted octanol–water partition coefficient (Wildman–Crippen LogP) is 2.75. The van der Waals surface area contributed by atoms with Crippen molar-refractivity contribution in [1.29, 1.82) is 0 Å². The Bertz CT molecular complexity index is 426. The summed E-state index contributed by atoms with van der Waals surface area (Å²) >= 11 is 6.03. The molecular formula is C14H18ClNO2. The van der Waals surface area contributed by atoms with Crippen LogP contribution >= 0.6 is 11.6 Å². The van der Waals surface area contributed by atoms with E-state index in [9.17, 15) is 9.90 Å². The number of rotatable bonds is 3. The minimum absolute atomic E-state index is 0.253. The molecule has 0 amide bonds. The molecule has 0 bridgehead atoms. The van der Waals surface area contributed by atoms with Crippen molar-refractivity contribution in [3.63, 3.8) is 0 Å². The molecule has 4 heteroatoms. The Morgan fingerprint density at radius 1 is 1.44 bits per heavy atom. The molecule has 0 spiro atoms. The van der Waals surface area contributed by atoms with E-state index in [1.807, 2.05) is 19.1 Å². The summed E-state index contributed by atoms with van der Waals surface area (Å²) in [6.45, 7) is 3.56. The highest BCUT2D eigenvalue weighted by molar-refractivity contribution is 6.33. The standard InChI is InChI=1S/C14H18ClNO2/c1-10(18)11-5-7-16(8-6-11)14-4-2-3-13(15)12(14)9-17/h2-4,9-11,18H,5-8H2,1H3. The van der Waals surface area contributed by atoms with Gasteiger partial charge in [0.15, 0.2) is 6.29 Å². The molecular weight excluding hydrogens is 250 g/mol. The first-order valence-corrected chi connectivity index (χ1v) is 6.68. The number of carbonyl (C=O) groups is 1. The van der Waals surface area contributed by atoms with Gasteiger partial charge in [-0.3, -0.25) is 4.79 Å². The molecule has 1 aromatic carbocycles. The zero-order valence-electron chi connectivity index (χ0n) is 10.5. The normalized spacial score (nSPS) is 18.7. The average molecular weight is 268 g/mol. The van der Waals surface area contributed by atoms with E-state index in [1.54, 1.807) is 6.07 Å². The van der Waals surface area contributed by atoms with Gasteiger partial charge in [-0.25, -0.2) is 0 Å². The number of benzene rings is 1. The second-order valence-corrected chi connectivity index (χ2v) is 5.26. The number of halogens is 1. The Kier molecular flexibility index (Phi) is 4.25. The van der Waals surface area contributed by atoms with Crippen LogP contribution < -0.4 is 4.90 Å². The Morgan fingerprint density at radius 2 is 2.11 bits per heavy atom. The van der Waals surface area contributed by atoms with E-state index in [-0.39, 0.29) is 6.10 Å². The second kappa shape index (κ2) is 5.72. The molecule has 1 aliphatic heterocycles. The van der Waals surface area contributed by atoms with Crippen LogP contribution in [0.2, 0.25) is 5.02 Å². The molecule has 1 heterocycles. The maximum atomic E-state index is 11.1. The number of carbonyl (C=O) groups excluding carboxylic acids is 1. The summed E-state index contributed by atoms with van der Waals surface area (Å²) in [5, 5.41) is 10.1. The number of aliphatic hydroxyl groups excluding tert-OH is 1. The first kappa shape index (κ1) is 13.4. The lowest BCUT2D eigenvalue weighted by molar-refractivity contribution is 0.109. The average Bonchev–Trinajstić information content (AvgIpc) is 2.38. The summed E-state index contributed by atoms with van der Waals surface area (Å²) in [5.41, 5.74) is 1.47. The van der Waals surface area contributed by atoms with Crippen molar-refractivity contribution in [1.82, 2.24) is 0 Å². The molecule has 1 aliphatic rings. The highest BCUT2D eigenvalue weighted by atomic mass is 35.5. The van der Waals surface area contributed by atoms with E-state index in [0.29, 0.717) is 16.5 Å². The quantitative estimate of drug-likeness (QED) is 0.856. The highest BCUT2D eigenvalue weighted by Gasteiger charge is 2.24. The molecule has 1 atom stereocenters. The van der Waals surface area contributed by atoms with Crippen molar-refractivity contribution >= 4 is 23.6 Å². The summed E-state index contributed by atoms with van der Waals surface area (Å²) in [6, 6.07) is 5.53. The fourth-order valence-corrected chi connectivity index (χ4v) is 2.75. The Morgan fingerprint density at radius 3 is 2.67 bits per heavy atom. The van der Waals surface area contributed by atoms with Crippen molar-refractivity contribution in [2.75, 3.05) is 18.0 Å². The second-order valence-electron chi connectivity index (χ2n) is 4.86. The van der Waals surface area contributed by atoms with Crippen LogP contribution in [-0.4, -0.2) is 30.6 Å². The van der Waals surface area contributed by atoms with Crippen molar-refractivity contribution in [2.45, 2.75) is 25.9 Å². The molecule has 1 saturated heterocycles. The molecule has 0 aliphatic carbocycles. The summed E-state index contributed by atoms with van der Waals surface area (Å²) in [5.74, 6) is 0.361. The number of aldehydes is 1. The molecule has 1 N–H and O–H groups in total. The van der Waals surface area contributed by atoms with Gasteiger partial charge in [0.1, 0.15) is 0 Å². The van der Waals surface area contributed by atoms with Gasteiger partial charge in [-0.2, -0.15) is 0 Å². The molecule has 1 aromatic rings. The zero-order chi connectivity index (χ0) is 13.1. The first-order chi connectivity index (χ1) is 8.63. The van der Waals surface area contributed by atoms with Gasteiger partial charge in [0.2, 0.25) is 0 Å². The monoisotopic (exact) mass is 267 g/mol. The summed E-state index contributed by atoms with van der Waals surface area (Å²) < 4.78 is 0. The van der Waals surface area contributed by atoms with Gasteiger partial charge in [0, 0.05) is 18.8 Å². The number of nitrogens with zero attached hydrogens (tertiary/aromatic N) is 1. The van der Waals surface area contributed by atoms with Gasteiger partial charge in [0.05, 0.1) is 16.7 Å². The van der Waals surface area contributed by atoms with Crippen LogP contribution in [0.1, 0.15) is 30.1 Å². The summed E-state index contributed by atoms with van der Waals surface area (Å²) in [7, 11) is 0. The van der Waals surface area contributed by atoms with Gasteiger partial charge in [-0.05, 0) is 37.8 Å². The fraction of sp³-hybridized carbons (Fsp3) is 0.500. The van der Waals surface area contributed by atoms with E-state index in [4.69, 9.17) is 11.6 Å². The topological polar surface area (TPSA) is 40.5 Å². The molecule has 18 heavy (non-hydrogen) atoms. The SMILES string of the molecule is CC(O)C1CCN(c2cccc(Cl)c2C=O)CC1. The van der Waals surface area contributed by atoms with E-state index in [0.717, 1.165) is 37.9 Å². The Labute approximate surface area is 112 Å². The summed E-state index contributed by atoms with van der Waals surface area (Å²) in [6.07, 6.45) is 2.46. The van der Waals surface area contributed by atoms with Gasteiger partial charge >= 0.3 is 0 Å². The molecule has 1 fully saturated rings. The number of anilines is 1. The molecule has 1 unspecified atom stereocenters. The molecule has 0 radical (unpaired) electrons. The van der Waals surface area contributed by atoms with Crippen LogP contribution in [0.15, 0.2) is 18.2 Å². The fourth-order valence-electron chi connectivity index (χ4n) is 2.54. The molecule has 2 rings (SSSR count). The lowest BCUT2D eigenvalue weighted by atomic mass is 9.91. The lowest BCUT2D eigenvalue weighted by Gasteiger charge is -2.35. The van der Waals surface area contributed by atoms with Crippen LogP contribution in [0, 0.1) is 5.92 Å². The Balaban J connectivity index is 2.15.